The molecule has 2 rings (SSSR count). The molecule has 76 valence electrons. The van der Waals surface area contributed by atoms with Crippen molar-refractivity contribution in [3.8, 4) is 0 Å². The lowest BCUT2D eigenvalue weighted by atomic mass is 9.95. The van der Waals surface area contributed by atoms with Crippen LogP contribution in [-0.2, 0) is 10.4 Å². The topological polar surface area (TPSA) is 35.0 Å². The van der Waals surface area contributed by atoms with Crippen molar-refractivity contribution in [2.45, 2.75) is 18.5 Å². The van der Waals surface area contributed by atoms with Gasteiger partial charge in [-0.05, 0) is 15.9 Å². The van der Waals surface area contributed by atoms with E-state index in [-0.39, 0.29) is 5.82 Å². The molecule has 1 aliphatic rings. The Morgan fingerprint density at radius 1 is 1.29 bits per heavy atom. The number of alkyl halides is 1. The molecule has 0 spiro atoms. The van der Waals surface area contributed by atoms with E-state index in [1.807, 2.05) is 0 Å². The molecular formula is C9H10BrFN2O. The van der Waals surface area contributed by atoms with Gasteiger partial charge in [-0.15, -0.1) is 0 Å². The maximum Gasteiger partial charge on any atom is 0.174 e. The van der Waals surface area contributed by atoms with E-state index in [9.17, 15) is 4.39 Å². The van der Waals surface area contributed by atoms with Crippen LogP contribution in [0.15, 0.2) is 16.9 Å². The van der Waals surface area contributed by atoms with Gasteiger partial charge in [0.15, 0.2) is 11.5 Å². The second kappa shape index (κ2) is 3.90. The Kier molecular flexibility index (Phi) is 2.78. The van der Waals surface area contributed by atoms with Gasteiger partial charge >= 0.3 is 0 Å². The van der Waals surface area contributed by atoms with Crippen molar-refractivity contribution in [2.24, 2.45) is 0 Å². The predicted molar refractivity (Wildman–Crippen MR) is 52.6 cm³/mol. The predicted octanol–water partition coefficient (Wildman–Crippen LogP) is 2.21. The van der Waals surface area contributed by atoms with Crippen LogP contribution >= 0.6 is 15.9 Å². The van der Waals surface area contributed by atoms with Crippen LogP contribution in [0, 0.1) is 0 Å². The van der Waals surface area contributed by atoms with Crippen molar-refractivity contribution in [1.29, 1.82) is 0 Å². The third-order valence-electron chi connectivity index (χ3n) is 2.31. The average Bonchev–Trinajstić information content (AvgIpc) is 2.19. The van der Waals surface area contributed by atoms with Crippen molar-refractivity contribution in [1.82, 2.24) is 9.97 Å². The van der Waals surface area contributed by atoms with Crippen LogP contribution < -0.4 is 0 Å². The van der Waals surface area contributed by atoms with Crippen LogP contribution in [0.4, 0.5) is 4.39 Å². The molecule has 0 unspecified atom stereocenters. The van der Waals surface area contributed by atoms with Crippen molar-refractivity contribution in [3.05, 3.63) is 22.7 Å². The molecule has 3 nitrogen and oxygen atoms in total. The summed E-state index contributed by atoms with van der Waals surface area (Å²) in [6.07, 6.45) is 3.82. The summed E-state index contributed by atoms with van der Waals surface area (Å²) >= 11 is 3.21. The number of aromatic nitrogens is 2. The van der Waals surface area contributed by atoms with E-state index in [0.29, 0.717) is 26.1 Å². The van der Waals surface area contributed by atoms with Crippen LogP contribution in [0.3, 0.4) is 0 Å². The molecule has 0 bridgehead atoms. The van der Waals surface area contributed by atoms with Gasteiger partial charge in [0.25, 0.3) is 0 Å². The van der Waals surface area contributed by atoms with Crippen molar-refractivity contribution >= 4 is 15.9 Å². The monoisotopic (exact) mass is 260 g/mol. The number of halogens is 2. The molecule has 14 heavy (non-hydrogen) atoms. The first-order valence-corrected chi connectivity index (χ1v) is 5.25. The lowest BCUT2D eigenvalue weighted by molar-refractivity contribution is -0.0164. The standard InChI is InChI=1S/C9H10BrFN2O/c10-7-5-12-8(13-6-7)9(11)1-3-14-4-2-9/h5-6H,1-4H2. The van der Waals surface area contributed by atoms with E-state index >= 15 is 0 Å². The Labute approximate surface area is 89.8 Å². The molecule has 0 atom stereocenters. The third-order valence-corrected chi connectivity index (χ3v) is 2.72. The Bertz CT molecular complexity index is 311. The Morgan fingerprint density at radius 2 is 1.86 bits per heavy atom. The molecule has 1 saturated heterocycles. The molecule has 0 amide bonds. The van der Waals surface area contributed by atoms with Crippen LogP contribution in [-0.4, -0.2) is 23.2 Å². The fraction of sp³-hybridized carbons (Fsp3) is 0.556. The van der Waals surface area contributed by atoms with Crippen LogP contribution in [0.25, 0.3) is 0 Å². The zero-order valence-electron chi connectivity index (χ0n) is 7.54. The summed E-state index contributed by atoms with van der Waals surface area (Å²) in [5.74, 6) is 0.268. The van der Waals surface area contributed by atoms with Crippen LogP contribution in [0.5, 0.6) is 0 Å². The molecule has 0 aliphatic carbocycles. The van der Waals surface area contributed by atoms with E-state index in [1.165, 1.54) is 0 Å². The van der Waals surface area contributed by atoms with E-state index in [2.05, 4.69) is 25.9 Å². The summed E-state index contributed by atoms with van der Waals surface area (Å²) in [6, 6.07) is 0. The molecule has 0 N–H and O–H groups in total. The first-order chi connectivity index (χ1) is 6.71. The highest BCUT2D eigenvalue weighted by molar-refractivity contribution is 9.10. The number of nitrogens with zero attached hydrogens (tertiary/aromatic N) is 2. The first kappa shape index (κ1) is 9.98. The van der Waals surface area contributed by atoms with Gasteiger partial charge in [-0.25, -0.2) is 14.4 Å². The highest BCUT2D eigenvalue weighted by Crippen LogP contribution is 2.33. The van der Waals surface area contributed by atoms with Gasteiger partial charge in [-0.2, -0.15) is 0 Å². The maximum atomic E-state index is 14.2. The molecular weight excluding hydrogens is 251 g/mol. The molecule has 0 radical (unpaired) electrons. The molecule has 1 aliphatic heterocycles. The van der Waals surface area contributed by atoms with E-state index < -0.39 is 5.67 Å². The Morgan fingerprint density at radius 3 is 2.43 bits per heavy atom. The second-order valence-corrected chi connectivity index (χ2v) is 4.22. The highest BCUT2D eigenvalue weighted by Gasteiger charge is 2.36. The highest BCUT2D eigenvalue weighted by atomic mass is 79.9. The van der Waals surface area contributed by atoms with E-state index in [0.717, 1.165) is 4.47 Å². The molecule has 5 heteroatoms. The fourth-order valence-electron chi connectivity index (χ4n) is 1.46. The largest absolute Gasteiger partial charge is 0.381 e. The summed E-state index contributed by atoms with van der Waals surface area (Å²) in [5, 5.41) is 0. The van der Waals surface area contributed by atoms with Gasteiger partial charge in [-0.3, -0.25) is 0 Å². The minimum Gasteiger partial charge on any atom is -0.381 e. The Balaban J connectivity index is 2.23. The van der Waals surface area contributed by atoms with Crippen LogP contribution in [0.2, 0.25) is 0 Å². The number of hydrogen-bond acceptors (Lipinski definition) is 3. The molecule has 1 aromatic rings. The lowest BCUT2D eigenvalue weighted by Crippen LogP contribution is -2.31. The molecule has 0 saturated carbocycles. The summed E-state index contributed by atoms with van der Waals surface area (Å²) in [5.41, 5.74) is -1.40. The first-order valence-electron chi connectivity index (χ1n) is 4.45. The normalized spacial score (nSPS) is 20.7. The summed E-state index contributed by atoms with van der Waals surface area (Å²) < 4.78 is 20.1. The van der Waals surface area contributed by atoms with Crippen LogP contribution in [0.1, 0.15) is 18.7 Å². The fourth-order valence-corrected chi connectivity index (χ4v) is 1.67. The molecule has 1 aromatic heterocycles. The van der Waals surface area contributed by atoms with Gasteiger partial charge < -0.3 is 4.74 Å². The Hall–Kier alpha value is -0.550. The zero-order valence-corrected chi connectivity index (χ0v) is 9.13. The van der Waals surface area contributed by atoms with Gasteiger partial charge in [0, 0.05) is 25.2 Å². The summed E-state index contributed by atoms with van der Waals surface area (Å²) in [6.45, 7) is 0.881. The zero-order chi connectivity index (χ0) is 10.0. The minimum atomic E-state index is -1.40. The van der Waals surface area contributed by atoms with Gasteiger partial charge in [0.05, 0.1) is 17.7 Å². The number of ether oxygens (including phenoxy) is 1. The van der Waals surface area contributed by atoms with Crippen molar-refractivity contribution < 1.29 is 9.13 Å². The number of hydrogen-bond donors (Lipinski definition) is 0. The van der Waals surface area contributed by atoms with Crippen molar-refractivity contribution in [2.75, 3.05) is 13.2 Å². The number of rotatable bonds is 1. The third kappa shape index (κ3) is 1.93. The smallest absolute Gasteiger partial charge is 0.174 e. The van der Waals surface area contributed by atoms with Crippen molar-refractivity contribution in [3.63, 3.8) is 0 Å². The van der Waals surface area contributed by atoms with Gasteiger partial charge in [-0.1, -0.05) is 0 Å². The maximum absolute atomic E-state index is 14.2. The lowest BCUT2D eigenvalue weighted by Gasteiger charge is -2.27. The molecule has 1 fully saturated rings. The van der Waals surface area contributed by atoms with E-state index in [4.69, 9.17) is 4.74 Å². The molecule has 2 heterocycles. The van der Waals surface area contributed by atoms with Gasteiger partial charge in [0.1, 0.15) is 0 Å². The summed E-state index contributed by atoms with van der Waals surface area (Å²) in [4.78, 5) is 7.97. The quantitative estimate of drug-likeness (QED) is 0.777. The minimum absolute atomic E-state index is 0.268. The van der Waals surface area contributed by atoms with E-state index in [1.54, 1.807) is 12.4 Å². The average molecular weight is 261 g/mol. The SMILES string of the molecule is FC1(c2ncc(Br)cn2)CCOCC1. The second-order valence-electron chi connectivity index (χ2n) is 3.30. The summed E-state index contributed by atoms with van der Waals surface area (Å²) in [7, 11) is 0. The van der Waals surface area contributed by atoms with Gasteiger partial charge in [0.2, 0.25) is 0 Å². The molecule has 0 aromatic carbocycles.